The Balaban J connectivity index is 0.000000845. The van der Waals surface area contributed by atoms with Gasteiger partial charge in [-0.2, -0.15) is 0 Å². The van der Waals surface area contributed by atoms with E-state index >= 15 is 0 Å². The predicted octanol–water partition coefficient (Wildman–Crippen LogP) is 3.13. The van der Waals surface area contributed by atoms with E-state index in [1.54, 1.807) is 0 Å². The van der Waals surface area contributed by atoms with Crippen LogP contribution in [0.1, 0.15) is 29.2 Å². The summed E-state index contributed by atoms with van der Waals surface area (Å²) in [5.41, 5.74) is 10.1. The smallest absolute Gasteiger partial charge is 0.0300 e. The van der Waals surface area contributed by atoms with Gasteiger partial charge in [-0.15, -0.1) is 12.4 Å². The SMILES string of the molecule is Cc1c(Br)ccc2c1CCC2N.Cl. The van der Waals surface area contributed by atoms with E-state index in [1.165, 1.54) is 21.2 Å². The van der Waals surface area contributed by atoms with E-state index in [-0.39, 0.29) is 18.4 Å². The summed E-state index contributed by atoms with van der Waals surface area (Å²) in [5, 5.41) is 0. The Bertz CT molecular complexity index is 325. The Morgan fingerprint density at radius 2 is 2.15 bits per heavy atom. The van der Waals surface area contributed by atoms with Crippen LogP contribution in [-0.4, -0.2) is 0 Å². The molecule has 1 aromatic rings. The summed E-state index contributed by atoms with van der Waals surface area (Å²) >= 11 is 3.53. The Hall–Kier alpha value is -0.0500. The summed E-state index contributed by atoms with van der Waals surface area (Å²) in [5.74, 6) is 0. The molecule has 1 aliphatic rings. The minimum absolute atomic E-state index is 0. The fourth-order valence-corrected chi connectivity index (χ4v) is 2.26. The lowest BCUT2D eigenvalue weighted by Crippen LogP contribution is -2.05. The molecule has 0 bridgehead atoms. The van der Waals surface area contributed by atoms with Crippen LogP contribution in [0.2, 0.25) is 0 Å². The van der Waals surface area contributed by atoms with Crippen LogP contribution in [0.5, 0.6) is 0 Å². The fourth-order valence-electron chi connectivity index (χ4n) is 1.88. The molecule has 0 saturated carbocycles. The quantitative estimate of drug-likeness (QED) is 0.764. The minimum Gasteiger partial charge on any atom is -0.324 e. The van der Waals surface area contributed by atoms with E-state index in [0.29, 0.717) is 0 Å². The predicted molar refractivity (Wildman–Crippen MR) is 61.4 cm³/mol. The zero-order valence-electron chi connectivity index (χ0n) is 7.51. The molecule has 13 heavy (non-hydrogen) atoms. The molecule has 0 radical (unpaired) electrons. The maximum absolute atomic E-state index is 5.95. The van der Waals surface area contributed by atoms with Gasteiger partial charge < -0.3 is 5.73 Å². The molecule has 1 unspecified atom stereocenters. The molecule has 1 nitrogen and oxygen atoms in total. The first kappa shape index (κ1) is 11.0. The highest BCUT2D eigenvalue weighted by Gasteiger charge is 2.20. The Morgan fingerprint density at radius 3 is 2.85 bits per heavy atom. The monoisotopic (exact) mass is 261 g/mol. The average molecular weight is 263 g/mol. The van der Waals surface area contributed by atoms with E-state index in [1.807, 2.05) is 0 Å². The molecule has 1 aliphatic carbocycles. The first-order valence-electron chi connectivity index (χ1n) is 4.23. The Labute approximate surface area is 93.2 Å². The molecule has 0 spiro atoms. The lowest BCUT2D eigenvalue weighted by Gasteiger charge is -2.07. The molecule has 72 valence electrons. The second-order valence-electron chi connectivity index (χ2n) is 3.39. The largest absolute Gasteiger partial charge is 0.324 e. The third-order valence-electron chi connectivity index (χ3n) is 2.67. The van der Waals surface area contributed by atoms with Crippen LogP contribution in [0, 0.1) is 6.92 Å². The number of nitrogens with two attached hydrogens (primary N) is 1. The molecule has 0 saturated heterocycles. The zero-order chi connectivity index (χ0) is 8.72. The molecule has 0 aromatic heterocycles. The highest BCUT2D eigenvalue weighted by Crippen LogP contribution is 2.34. The molecular weight excluding hydrogens is 249 g/mol. The number of fused-ring (bicyclic) bond motifs is 1. The molecule has 2 rings (SSSR count). The van der Waals surface area contributed by atoms with Crippen LogP contribution in [-0.2, 0) is 6.42 Å². The zero-order valence-corrected chi connectivity index (χ0v) is 9.91. The first-order chi connectivity index (χ1) is 5.70. The van der Waals surface area contributed by atoms with Gasteiger partial charge in [0.05, 0.1) is 0 Å². The van der Waals surface area contributed by atoms with Gasteiger partial charge in [-0.25, -0.2) is 0 Å². The third-order valence-corrected chi connectivity index (χ3v) is 3.53. The molecule has 1 aromatic carbocycles. The maximum Gasteiger partial charge on any atom is 0.0300 e. The van der Waals surface area contributed by atoms with Crippen LogP contribution in [0.25, 0.3) is 0 Å². The van der Waals surface area contributed by atoms with Gasteiger partial charge in [0.1, 0.15) is 0 Å². The number of hydrogen-bond acceptors (Lipinski definition) is 1. The second-order valence-corrected chi connectivity index (χ2v) is 4.24. The lowest BCUT2D eigenvalue weighted by molar-refractivity contribution is 0.713. The van der Waals surface area contributed by atoms with Gasteiger partial charge in [-0.1, -0.05) is 22.0 Å². The van der Waals surface area contributed by atoms with Crippen molar-refractivity contribution in [3.8, 4) is 0 Å². The number of hydrogen-bond donors (Lipinski definition) is 1. The van der Waals surface area contributed by atoms with E-state index in [9.17, 15) is 0 Å². The average Bonchev–Trinajstić information content (AvgIpc) is 2.41. The molecule has 2 N–H and O–H groups in total. The van der Waals surface area contributed by atoms with Gasteiger partial charge in [-0.05, 0) is 42.5 Å². The maximum atomic E-state index is 5.95. The second kappa shape index (κ2) is 3.99. The van der Waals surface area contributed by atoms with Crippen LogP contribution in [0.15, 0.2) is 16.6 Å². The highest BCUT2D eigenvalue weighted by atomic mass is 79.9. The van der Waals surface area contributed by atoms with Gasteiger partial charge in [0.15, 0.2) is 0 Å². The van der Waals surface area contributed by atoms with Crippen molar-refractivity contribution in [1.82, 2.24) is 0 Å². The summed E-state index contributed by atoms with van der Waals surface area (Å²) in [6, 6.07) is 4.51. The molecule has 3 heteroatoms. The topological polar surface area (TPSA) is 26.0 Å². The Kier molecular flexibility index (Phi) is 3.38. The summed E-state index contributed by atoms with van der Waals surface area (Å²) in [7, 11) is 0. The minimum atomic E-state index is 0. The fraction of sp³-hybridized carbons (Fsp3) is 0.400. The van der Waals surface area contributed by atoms with Crippen LogP contribution < -0.4 is 5.73 Å². The van der Waals surface area contributed by atoms with Crippen molar-refractivity contribution in [2.75, 3.05) is 0 Å². The van der Waals surface area contributed by atoms with Crippen molar-refractivity contribution in [2.45, 2.75) is 25.8 Å². The highest BCUT2D eigenvalue weighted by molar-refractivity contribution is 9.10. The summed E-state index contributed by atoms with van der Waals surface area (Å²) in [6.07, 6.45) is 2.24. The Morgan fingerprint density at radius 1 is 1.46 bits per heavy atom. The van der Waals surface area contributed by atoms with Crippen molar-refractivity contribution < 1.29 is 0 Å². The molecule has 0 fully saturated rings. The summed E-state index contributed by atoms with van der Waals surface area (Å²) in [4.78, 5) is 0. The van der Waals surface area contributed by atoms with Gasteiger partial charge in [-0.3, -0.25) is 0 Å². The first-order valence-corrected chi connectivity index (χ1v) is 5.03. The normalized spacial score (nSPS) is 19.5. The molecule has 0 aliphatic heterocycles. The molecular formula is C10H13BrClN. The van der Waals surface area contributed by atoms with Gasteiger partial charge in [0.25, 0.3) is 0 Å². The number of rotatable bonds is 0. The number of halogens is 2. The van der Waals surface area contributed by atoms with Gasteiger partial charge in [0, 0.05) is 10.5 Å². The standard InChI is InChI=1S/C10H12BrN.ClH/c1-6-7-3-5-10(12)8(7)2-4-9(6)11;/h2,4,10H,3,5,12H2,1H3;1H. The molecule has 0 heterocycles. The van der Waals surface area contributed by atoms with E-state index in [4.69, 9.17) is 5.73 Å². The van der Waals surface area contributed by atoms with Crippen LogP contribution in [0.3, 0.4) is 0 Å². The van der Waals surface area contributed by atoms with Crippen molar-refractivity contribution in [3.05, 3.63) is 33.3 Å². The number of benzene rings is 1. The lowest BCUT2D eigenvalue weighted by atomic mass is 10.0. The van der Waals surface area contributed by atoms with E-state index < -0.39 is 0 Å². The van der Waals surface area contributed by atoms with E-state index in [2.05, 4.69) is 35.0 Å². The van der Waals surface area contributed by atoms with Crippen molar-refractivity contribution in [3.63, 3.8) is 0 Å². The summed E-state index contributed by atoms with van der Waals surface area (Å²) in [6.45, 7) is 2.15. The molecule has 1 atom stereocenters. The third kappa shape index (κ3) is 1.76. The van der Waals surface area contributed by atoms with Crippen molar-refractivity contribution in [1.29, 1.82) is 0 Å². The van der Waals surface area contributed by atoms with Crippen molar-refractivity contribution >= 4 is 28.3 Å². The van der Waals surface area contributed by atoms with Gasteiger partial charge >= 0.3 is 0 Å². The van der Waals surface area contributed by atoms with Crippen molar-refractivity contribution in [2.24, 2.45) is 5.73 Å². The molecule has 0 amide bonds. The van der Waals surface area contributed by atoms with Crippen LogP contribution in [0.4, 0.5) is 0 Å². The summed E-state index contributed by atoms with van der Waals surface area (Å²) < 4.78 is 1.20. The van der Waals surface area contributed by atoms with Gasteiger partial charge in [0.2, 0.25) is 0 Å². The van der Waals surface area contributed by atoms with E-state index in [0.717, 1.165) is 12.8 Å². The van der Waals surface area contributed by atoms with Crippen LogP contribution >= 0.6 is 28.3 Å².